The second-order valence-corrected chi connectivity index (χ2v) is 3.83. The predicted octanol–water partition coefficient (Wildman–Crippen LogP) is 2.15. The summed E-state index contributed by atoms with van der Waals surface area (Å²) in [5.41, 5.74) is 0.940. The molecule has 0 saturated carbocycles. The fraction of sp³-hybridized carbons (Fsp3) is 0.417. The lowest BCUT2D eigenvalue weighted by Gasteiger charge is -2.06. The lowest BCUT2D eigenvalue weighted by molar-refractivity contribution is 0.309. The van der Waals surface area contributed by atoms with Crippen LogP contribution in [0.3, 0.4) is 0 Å². The van der Waals surface area contributed by atoms with E-state index in [1.807, 2.05) is 31.2 Å². The van der Waals surface area contributed by atoms with Crippen LogP contribution in [-0.4, -0.2) is 26.8 Å². The molecule has 17 heavy (non-hydrogen) atoms. The molecule has 2 rings (SSSR count). The number of aryl methyl sites for hydroxylation is 1. The highest BCUT2D eigenvalue weighted by Gasteiger charge is 2.03. The van der Waals surface area contributed by atoms with E-state index in [1.165, 1.54) is 0 Å². The predicted molar refractivity (Wildman–Crippen MR) is 64.3 cm³/mol. The molecule has 0 saturated heterocycles. The third-order valence-corrected chi connectivity index (χ3v) is 2.47. The molecule has 0 aliphatic carbocycles. The van der Waals surface area contributed by atoms with E-state index in [1.54, 1.807) is 4.68 Å². The molecule has 0 fully saturated rings. The summed E-state index contributed by atoms with van der Waals surface area (Å²) in [6.45, 7) is 4.78. The fourth-order valence-corrected chi connectivity index (χ4v) is 1.49. The van der Waals surface area contributed by atoms with Gasteiger partial charge in [-0.2, -0.15) is 4.68 Å². The third-order valence-electron chi connectivity index (χ3n) is 2.47. The number of rotatable bonds is 5. The molecular weight excluding hydrogens is 216 g/mol. The molecule has 1 heterocycles. The molecule has 5 heteroatoms. The molecule has 0 N–H and O–H groups in total. The van der Waals surface area contributed by atoms with E-state index in [0.29, 0.717) is 0 Å². The Bertz CT molecular complexity index is 464. The Morgan fingerprint density at radius 3 is 2.59 bits per heavy atom. The van der Waals surface area contributed by atoms with Crippen molar-refractivity contribution in [2.75, 3.05) is 6.61 Å². The van der Waals surface area contributed by atoms with E-state index in [0.717, 1.165) is 36.7 Å². The van der Waals surface area contributed by atoms with Gasteiger partial charge in [0.05, 0.1) is 12.3 Å². The monoisotopic (exact) mass is 232 g/mol. The van der Waals surface area contributed by atoms with Crippen LogP contribution in [0.25, 0.3) is 5.69 Å². The van der Waals surface area contributed by atoms with Crippen LogP contribution < -0.4 is 4.74 Å². The van der Waals surface area contributed by atoms with Crippen molar-refractivity contribution in [1.82, 2.24) is 20.2 Å². The summed E-state index contributed by atoms with van der Waals surface area (Å²) in [4.78, 5) is 0. The van der Waals surface area contributed by atoms with Crippen molar-refractivity contribution in [2.24, 2.45) is 0 Å². The Morgan fingerprint density at radius 1 is 1.24 bits per heavy atom. The highest BCUT2D eigenvalue weighted by Crippen LogP contribution is 2.15. The van der Waals surface area contributed by atoms with Crippen LogP contribution in [0.5, 0.6) is 5.75 Å². The molecule has 0 atom stereocenters. The maximum atomic E-state index is 5.59. The summed E-state index contributed by atoms with van der Waals surface area (Å²) in [7, 11) is 0. The van der Waals surface area contributed by atoms with Crippen LogP contribution in [0.1, 0.15) is 25.6 Å². The molecule has 0 spiro atoms. The van der Waals surface area contributed by atoms with E-state index in [-0.39, 0.29) is 0 Å². The standard InChI is InChI=1S/C12H16N4O/c1-3-4-9-17-12-7-5-11(6-8-12)16-10(2)13-14-15-16/h5-8H,3-4,9H2,1-2H3. The van der Waals surface area contributed by atoms with Gasteiger partial charge < -0.3 is 4.74 Å². The molecule has 0 unspecified atom stereocenters. The molecule has 90 valence electrons. The van der Waals surface area contributed by atoms with Gasteiger partial charge in [0.15, 0.2) is 5.82 Å². The van der Waals surface area contributed by atoms with Gasteiger partial charge in [0, 0.05) is 0 Å². The lowest BCUT2D eigenvalue weighted by atomic mass is 10.3. The summed E-state index contributed by atoms with van der Waals surface area (Å²) in [5, 5.41) is 11.4. The smallest absolute Gasteiger partial charge is 0.153 e. The number of tetrazole rings is 1. The first kappa shape index (κ1) is 11.6. The molecule has 0 aliphatic heterocycles. The SMILES string of the molecule is CCCCOc1ccc(-n2nnnc2C)cc1. The Kier molecular flexibility index (Phi) is 3.69. The number of nitrogens with zero attached hydrogens (tertiary/aromatic N) is 4. The molecule has 1 aromatic heterocycles. The minimum atomic E-state index is 0.764. The van der Waals surface area contributed by atoms with Crippen molar-refractivity contribution < 1.29 is 4.74 Å². The normalized spacial score (nSPS) is 10.5. The van der Waals surface area contributed by atoms with Crippen LogP contribution in [0.4, 0.5) is 0 Å². The fourth-order valence-electron chi connectivity index (χ4n) is 1.49. The van der Waals surface area contributed by atoms with Crippen LogP contribution >= 0.6 is 0 Å². The number of unbranched alkanes of at least 4 members (excludes halogenated alkanes) is 1. The minimum Gasteiger partial charge on any atom is -0.494 e. The maximum absolute atomic E-state index is 5.59. The maximum Gasteiger partial charge on any atom is 0.153 e. The first-order valence-electron chi connectivity index (χ1n) is 5.79. The summed E-state index contributed by atoms with van der Waals surface area (Å²) >= 11 is 0. The zero-order valence-electron chi connectivity index (χ0n) is 10.1. The summed E-state index contributed by atoms with van der Waals surface area (Å²) < 4.78 is 7.28. The largest absolute Gasteiger partial charge is 0.494 e. The van der Waals surface area contributed by atoms with Crippen molar-refractivity contribution in [3.63, 3.8) is 0 Å². The number of benzene rings is 1. The molecule has 1 aromatic carbocycles. The van der Waals surface area contributed by atoms with E-state index in [4.69, 9.17) is 4.74 Å². The first-order chi connectivity index (χ1) is 8.31. The van der Waals surface area contributed by atoms with E-state index in [2.05, 4.69) is 22.4 Å². The van der Waals surface area contributed by atoms with E-state index < -0.39 is 0 Å². The van der Waals surface area contributed by atoms with Crippen LogP contribution in [0.2, 0.25) is 0 Å². The molecule has 0 aliphatic rings. The van der Waals surface area contributed by atoms with Gasteiger partial charge in [0.1, 0.15) is 5.75 Å². The van der Waals surface area contributed by atoms with Crippen molar-refractivity contribution >= 4 is 0 Å². The van der Waals surface area contributed by atoms with Crippen molar-refractivity contribution in [3.8, 4) is 11.4 Å². The summed E-state index contributed by atoms with van der Waals surface area (Å²) in [6.07, 6.45) is 2.22. The third kappa shape index (κ3) is 2.81. The molecular formula is C12H16N4O. The number of aromatic nitrogens is 4. The summed E-state index contributed by atoms with van der Waals surface area (Å²) in [6, 6.07) is 7.77. The first-order valence-corrected chi connectivity index (χ1v) is 5.79. The molecule has 0 radical (unpaired) electrons. The van der Waals surface area contributed by atoms with Crippen LogP contribution in [0.15, 0.2) is 24.3 Å². The number of hydrogen-bond acceptors (Lipinski definition) is 4. The van der Waals surface area contributed by atoms with Crippen molar-refractivity contribution in [1.29, 1.82) is 0 Å². The van der Waals surface area contributed by atoms with E-state index >= 15 is 0 Å². The van der Waals surface area contributed by atoms with Gasteiger partial charge in [0.25, 0.3) is 0 Å². The zero-order chi connectivity index (χ0) is 12.1. The zero-order valence-corrected chi connectivity index (χ0v) is 10.1. The van der Waals surface area contributed by atoms with Gasteiger partial charge in [-0.3, -0.25) is 0 Å². The average Bonchev–Trinajstić information content (AvgIpc) is 2.77. The molecule has 5 nitrogen and oxygen atoms in total. The average molecular weight is 232 g/mol. The topological polar surface area (TPSA) is 52.8 Å². The Balaban J connectivity index is 2.06. The van der Waals surface area contributed by atoms with Crippen molar-refractivity contribution in [3.05, 3.63) is 30.1 Å². The molecule has 2 aromatic rings. The second kappa shape index (κ2) is 5.43. The highest BCUT2D eigenvalue weighted by atomic mass is 16.5. The molecule has 0 amide bonds. The van der Waals surface area contributed by atoms with E-state index in [9.17, 15) is 0 Å². The number of ether oxygens (including phenoxy) is 1. The lowest BCUT2D eigenvalue weighted by Crippen LogP contribution is -2.00. The van der Waals surface area contributed by atoms with Crippen LogP contribution in [-0.2, 0) is 0 Å². The van der Waals surface area contributed by atoms with Gasteiger partial charge in [-0.05, 0) is 48.0 Å². The number of hydrogen-bond donors (Lipinski definition) is 0. The Hall–Kier alpha value is -1.91. The van der Waals surface area contributed by atoms with Crippen LogP contribution in [0, 0.1) is 6.92 Å². The quantitative estimate of drug-likeness (QED) is 0.741. The highest BCUT2D eigenvalue weighted by molar-refractivity contribution is 5.36. The Labute approximate surface area is 100 Å². The minimum absolute atomic E-state index is 0.764. The second-order valence-electron chi connectivity index (χ2n) is 3.83. The summed E-state index contributed by atoms with van der Waals surface area (Å²) in [5.74, 6) is 1.65. The van der Waals surface area contributed by atoms with Gasteiger partial charge in [-0.1, -0.05) is 13.3 Å². The van der Waals surface area contributed by atoms with Gasteiger partial charge in [-0.15, -0.1) is 5.10 Å². The molecule has 0 bridgehead atoms. The van der Waals surface area contributed by atoms with Crippen molar-refractivity contribution in [2.45, 2.75) is 26.7 Å². The van der Waals surface area contributed by atoms with Gasteiger partial charge >= 0.3 is 0 Å². The van der Waals surface area contributed by atoms with Gasteiger partial charge in [0.2, 0.25) is 0 Å². The van der Waals surface area contributed by atoms with Gasteiger partial charge in [-0.25, -0.2) is 0 Å². The Morgan fingerprint density at radius 2 is 2.00 bits per heavy atom.